The number of likely N-dealkylation sites (tertiary alicyclic amines) is 1. The Morgan fingerprint density at radius 2 is 1.80 bits per heavy atom. The molecule has 1 aliphatic heterocycles. The maximum atomic E-state index is 12.5. The fraction of sp³-hybridized carbons (Fsp3) is 0.263. The predicted octanol–water partition coefficient (Wildman–Crippen LogP) is 3.59. The summed E-state index contributed by atoms with van der Waals surface area (Å²) in [4.78, 5) is 26.5. The van der Waals surface area contributed by atoms with Gasteiger partial charge in [-0.2, -0.15) is 0 Å². The van der Waals surface area contributed by atoms with Gasteiger partial charge in [-0.15, -0.1) is 0 Å². The van der Waals surface area contributed by atoms with Crippen molar-refractivity contribution < 1.29 is 14.3 Å². The average Bonchev–Trinajstić information content (AvgIpc) is 3.16. The maximum Gasteiger partial charge on any atom is 0.260 e. The normalized spacial score (nSPS) is 13.6. The molecular formula is C19H19ClN2O3. The molecule has 1 fully saturated rings. The highest BCUT2D eigenvalue weighted by Crippen LogP contribution is 2.24. The smallest absolute Gasteiger partial charge is 0.260 e. The maximum absolute atomic E-state index is 12.5. The van der Waals surface area contributed by atoms with E-state index in [1.807, 2.05) is 18.2 Å². The van der Waals surface area contributed by atoms with E-state index >= 15 is 0 Å². The minimum Gasteiger partial charge on any atom is -0.483 e. The first-order valence-corrected chi connectivity index (χ1v) is 8.58. The highest BCUT2D eigenvalue weighted by molar-refractivity contribution is 6.31. The zero-order valence-corrected chi connectivity index (χ0v) is 14.5. The van der Waals surface area contributed by atoms with Crippen molar-refractivity contribution in [2.45, 2.75) is 12.8 Å². The van der Waals surface area contributed by atoms with E-state index in [1.165, 1.54) is 6.07 Å². The Labute approximate surface area is 151 Å². The average molecular weight is 359 g/mol. The lowest BCUT2D eigenvalue weighted by molar-refractivity contribution is -0.132. The topological polar surface area (TPSA) is 58.6 Å². The predicted molar refractivity (Wildman–Crippen MR) is 97.2 cm³/mol. The van der Waals surface area contributed by atoms with Crippen LogP contribution in [0, 0.1) is 0 Å². The Morgan fingerprint density at radius 3 is 2.52 bits per heavy atom. The highest BCUT2D eigenvalue weighted by Gasteiger charge is 2.20. The zero-order chi connectivity index (χ0) is 17.6. The summed E-state index contributed by atoms with van der Waals surface area (Å²) in [7, 11) is 0. The number of halogens is 1. The molecule has 0 atom stereocenters. The highest BCUT2D eigenvalue weighted by atomic mass is 35.5. The Bertz CT molecular complexity index is 759. The lowest BCUT2D eigenvalue weighted by atomic mass is 10.2. The minimum absolute atomic E-state index is 0.0677. The molecule has 2 aromatic rings. The molecule has 1 heterocycles. The molecule has 5 nitrogen and oxygen atoms in total. The molecule has 0 radical (unpaired) electrons. The molecule has 0 unspecified atom stereocenters. The SMILES string of the molecule is O=C(Nc1ccccc1)c1cc(Cl)ccc1OCC(=O)N1CCCC1. The van der Waals surface area contributed by atoms with Crippen molar-refractivity contribution >= 4 is 29.1 Å². The van der Waals surface area contributed by atoms with Crippen LogP contribution in [0.4, 0.5) is 5.69 Å². The molecule has 130 valence electrons. The first-order chi connectivity index (χ1) is 12.1. The summed E-state index contributed by atoms with van der Waals surface area (Å²) in [5.41, 5.74) is 0.970. The second-order valence-electron chi connectivity index (χ2n) is 5.84. The molecular weight excluding hydrogens is 340 g/mol. The molecule has 0 bridgehead atoms. The van der Waals surface area contributed by atoms with Gasteiger partial charge in [0.15, 0.2) is 6.61 Å². The van der Waals surface area contributed by atoms with Crippen LogP contribution in [0.1, 0.15) is 23.2 Å². The van der Waals surface area contributed by atoms with Gasteiger partial charge in [-0.1, -0.05) is 29.8 Å². The van der Waals surface area contributed by atoms with Crippen LogP contribution in [-0.2, 0) is 4.79 Å². The van der Waals surface area contributed by atoms with E-state index < -0.39 is 0 Å². The lowest BCUT2D eigenvalue weighted by Gasteiger charge is -2.17. The molecule has 0 saturated carbocycles. The van der Waals surface area contributed by atoms with Crippen molar-refractivity contribution in [1.29, 1.82) is 0 Å². The number of amides is 2. The molecule has 1 aliphatic rings. The van der Waals surface area contributed by atoms with Gasteiger partial charge in [-0.3, -0.25) is 9.59 Å². The van der Waals surface area contributed by atoms with Crippen molar-refractivity contribution in [2.24, 2.45) is 0 Å². The van der Waals surface area contributed by atoms with Crippen molar-refractivity contribution in [3.8, 4) is 5.75 Å². The van der Waals surface area contributed by atoms with Crippen LogP contribution in [-0.4, -0.2) is 36.4 Å². The fourth-order valence-corrected chi connectivity index (χ4v) is 2.89. The quantitative estimate of drug-likeness (QED) is 0.888. The number of hydrogen-bond donors (Lipinski definition) is 1. The number of ether oxygens (including phenoxy) is 1. The van der Waals surface area contributed by atoms with E-state index in [0.29, 0.717) is 22.0 Å². The zero-order valence-electron chi connectivity index (χ0n) is 13.7. The van der Waals surface area contributed by atoms with E-state index in [1.54, 1.807) is 29.2 Å². The second kappa shape index (κ2) is 8.03. The van der Waals surface area contributed by atoms with Gasteiger partial charge >= 0.3 is 0 Å². The molecule has 0 aliphatic carbocycles. The summed E-state index contributed by atoms with van der Waals surface area (Å²) < 4.78 is 5.61. The summed E-state index contributed by atoms with van der Waals surface area (Å²) in [5.74, 6) is -0.0652. The molecule has 0 spiro atoms. The number of carbonyl (C=O) groups is 2. The number of carbonyl (C=O) groups excluding carboxylic acids is 2. The van der Waals surface area contributed by atoms with E-state index in [0.717, 1.165) is 25.9 Å². The van der Waals surface area contributed by atoms with Crippen LogP contribution in [0.5, 0.6) is 5.75 Å². The van der Waals surface area contributed by atoms with Crippen molar-refractivity contribution in [1.82, 2.24) is 4.90 Å². The number of rotatable bonds is 5. The fourth-order valence-electron chi connectivity index (χ4n) is 2.72. The molecule has 1 N–H and O–H groups in total. The van der Waals surface area contributed by atoms with Gasteiger partial charge in [-0.25, -0.2) is 0 Å². The molecule has 3 rings (SSSR count). The van der Waals surface area contributed by atoms with E-state index in [2.05, 4.69) is 5.32 Å². The molecule has 0 aromatic heterocycles. The van der Waals surface area contributed by atoms with Crippen molar-refractivity contribution in [3.63, 3.8) is 0 Å². The monoisotopic (exact) mass is 358 g/mol. The third kappa shape index (κ3) is 4.51. The Balaban J connectivity index is 1.71. The van der Waals surface area contributed by atoms with Gasteiger partial charge in [0.2, 0.25) is 0 Å². The first-order valence-electron chi connectivity index (χ1n) is 8.20. The second-order valence-corrected chi connectivity index (χ2v) is 6.27. The third-order valence-corrected chi connectivity index (χ3v) is 4.26. The van der Waals surface area contributed by atoms with Gasteiger partial charge in [0.1, 0.15) is 5.75 Å². The van der Waals surface area contributed by atoms with E-state index in [-0.39, 0.29) is 18.4 Å². The summed E-state index contributed by atoms with van der Waals surface area (Å²) in [6.07, 6.45) is 2.05. The summed E-state index contributed by atoms with van der Waals surface area (Å²) in [6.45, 7) is 1.45. The van der Waals surface area contributed by atoms with Gasteiger partial charge in [0.25, 0.3) is 11.8 Å². The standard InChI is InChI=1S/C19H19ClN2O3/c20-14-8-9-17(25-13-18(23)22-10-4-5-11-22)16(12-14)19(24)21-15-6-2-1-3-7-15/h1-3,6-9,12H,4-5,10-11,13H2,(H,21,24). The summed E-state index contributed by atoms with van der Waals surface area (Å²) in [6, 6.07) is 13.9. The first kappa shape index (κ1) is 17.3. The van der Waals surface area contributed by atoms with Crippen LogP contribution in [0.2, 0.25) is 5.02 Å². The summed E-state index contributed by atoms with van der Waals surface area (Å²) >= 11 is 6.02. The third-order valence-electron chi connectivity index (χ3n) is 4.03. The summed E-state index contributed by atoms with van der Waals surface area (Å²) in [5, 5.41) is 3.22. The molecule has 2 amide bonds. The molecule has 6 heteroatoms. The van der Waals surface area contributed by atoms with Crippen LogP contribution in [0.15, 0.2) is 48.5 Å². The Morgan fingerprint density at radius 1 is 1.08 bits per heavy atom. The molecule has 2 aromatic carbocycles. The number of benzene rings is 2. The van der Waals surface area contributed by atoms with E-state index in [4.69, 9.17) is 16.3 Å². The van der Waals surface area contributed by atoms with Crippen LogP contribution in [0.3, 0.4) is 0 Å². The van der Waals surface area contributed by atoms with Gasteiger partial charge in [0, 0.05) is 23.8 Å². The molecule has 25 heavy (non-hydrogen) atoms. The molecule has 1 saturated heterocycles. The number of nitrogens with zero attached hydrogens (tertiary/aromatic N) is 1. The van der Waals surface area contributed by atoms with Crippen LogP contribution < -0.4 is 10.1 Å². The number of nitrogens with one attached hydrogen (secondary N) is 1. The van der Waals surface area contributed by atoms with Gasteiger partial charge in [-0.05, 0) is 43.2 Å². The number of hydrogen-bond acceptors (Lipinski definition) is 3. The van der Waals surface area contributed by atoms with Crippen LogP contribution in [0.25, 0.3) is 0 Å². The Hall–Kier alpha value is -2.53. The van der Waals surface area contributed by atoms with Crippen LogP contribution >= 0.6 is 11.6 Å². The van der Waals surface area contributed by atoms with Crippen molar-refractivity contribution in [3.05, 3.63) is 59.1 Å². The Kier molecular flexibility index (Phi) is 5.56. The largest absolute Gasteiger partial charge is 0.483 e. The van der Waals surface area contributed by atoms with Gasteiger partial charge < -0.3 is 15.0 Å². The van der Waals surface area contributed by atoms with Gasteiger partial charge in [0.05, 0.1) is 5.56 Å². The minimum atomic E-state index is -0.336. The number of anilines is 1. The van der Waals surface area contributed by atoms with Crippen molar-refractivity contribution in [2.75, 3.05) is 25.0 Å². The number of para-hydroxylation sites is 1. The lowest BCUT2D eigenvalue weighted by Crippen LogP contribution is -2.32. The van der Waals surface area contributed by atoms with E-state index in [9.17, 15) is 9.59 Å².